The van der Waals surface area contributed by atoms with Crippen LogP contribution < -0.4 is 5.73 Å². The van der Waals surface area contributed by atoms with Crippen molar-refractivity contribution < 1.29 is 0 Å². The number of benzene rings is 1. The molecule has 0 aromatic heterocycles. The first-order chi connectivity index (χ1) is 6.74. The van der Waals surface area contributed by atoms with E-state index in [2.05, 4.69) is 36.1 Å². The topological polar surface area (TPSA) is 29.3 Å². The van der Waals surface area contributed by atoms with E-state index >= 15 is 0 Å². The zero-order chi connectivity index (χ0) is 9.97. The molecular formula is C12H18N2. The van der Waals surface area contributed by atoms with Crippen molar-refractivity contribution in [2.45, 2.75) is 25.9 Å². The van der Waals surface area contributed by atoms with Crippen molar-refractivity contribution >= 4 is 0 Å². The summed E-state index contributed by atoms with van der Waals surface area (Å²) in [6.07, 6.45) is 1.14. The fourth-order valence-corrected chi connectivity index (χ4v) is 1.96. The van der Waals surface area contributed by atoms with Crippen molar-refractivity contribution in [3.63, 3.8) is 0 Å². The van der Waals surface area contributed by atoms with Crippen molar-refractivity contribution in [1.29, 1.82) is 0 Å². The highest BCUT2D eigenvalue weighted by molar-refractivity contribution is 5.21. The van der Waals surface area contributed by atoms with Gasteiger partial charge >= 0.3 is 0 Å². The number of hydrogen-bond donors (Lipinski definition) is 1. The predicted octanol–water partition coefficient (Wildman–Crippen LogP) is 1.53. The number of rotatable bonds is 2. The highest BCUT2D eigenvalue weighted by atomic mass is 15.2. The van der Waals surface area contributed by atoms with Crippen LogP contribution in [0.2, 0.25) is 0 Å². The third-order valence-electron chi connectivity index (χ3n) is 2.84. The van der Waals surface area contributed by atoms with Gasteiger partial charge in [-0.25, -0.2) is 0 Å². The Morgan fingerprint density at radius 3 is 2.64 bits per heavy atom. The molecule has 1 aliphatic heterocycles. The van der Waals surface area contributed by atoms with Gasteiger partial charge in [-0.3, -0.25) is 4.90 Å². The van der Waals surface area contributed by atoms with Crippen molar-refractivity contribution in [3.8, 4) is 0 Å². The van der Waals surface area contributed by atoms with Gasteiger partial charge in [0.2, 0.25) is 0 Å². The molecule has 1 heterocycles. The lowest BCUT2D eigenvalue weighted by molar-refractivity contribution is 0.327. The lowest BCUT2D eigenvalue weighted by Crippen LogP contribution is -2.26. The summed E-state index contributed by atoms with van der Waals surface area (Å²) in [5.74, 6) is 0. The highest BCUT2D eigenvalue weighted by Gasteiger charge is 2.18. The van der Waals surface area contributed by atoms with Crippen molar-refractivity contribution in [2.24, 2.45) is 5.73 Å². The van der Waals surface area contributed by atoms with Gasteiger partial charge in [-0.1, -0.05) is 29.8 Å². The summed E-state index contributed by atoms with van der Waals surface area (Å²) >= 11 is 0. The molecule has 1 saturated heterocycles. The van der Waals surface area contributed by atoms with Gasteiger partial charge < -0.3 is 5.73 Å². The van der Waals surface area contributed by atoms with E-state index in [4.69, 9.17) is 5.73 Å². The van der Waals surface area contributed by atoms with E-state index < -0.39 is 0 Å². The minimum atomic E-state index is 0.389. The highest BCUT2D eigenvalue weighted by Crippen LogP contribution is 2.12. The zero-order valence-corrected chi connectivity index (χ0v) is 8.74. The number of hydrogen-bond acceptors (Lipinski definition) is 2. The van der Waals surface area contributed by atoms with E-state index in [0.717, 1.165) is 26.1 Å². The first-order valence-electron chi connectivity index (χ1n) is 5.27. The molecule has 0 bridgehead atoms. The van der Waals surface area contributed by atoms with Crippen LogP contribution in [-0.2, 0) is 6.54 Å². The Hall–Kier alpha value is -0.860. The molecule has 0 aliphatic carbocycles. The van der Waals surface area contributed by atoms with Crippen LogP contribution in [0.25, 0.3) is 0 Å². The summed E-state index contributed by atoms with van der Waals surface area (Å²) in [5.41, 5.74) is 8.58. The minimum absolute atomic E-state index is 0.389. The van der Waals surface area contributed by atoms with E-state index in [0.29, 0.717) is 6.04 Å². The van der Waals surface area contributed by atoms with Crippen LogP contribution in [0, 0.1) is 6.92 Å². The molecular weight excluding hydrogens is 172 g/mol. The summed E-state index contributed by atoms with van der Waals surface area (Å²) in [6.45, 7) is 5.37. The Balaban J connectivity index is 1.94. The van der Waals surface area contributed by atoms with Crippen molar-refractivity contribution in [3.05, 3.63) is 35.4 Å². The van der Waals surface area contributed by atoms with Gasteiger partial charge in [-0.2, -0.15) is 0 Å². The van der Waals surface area contributed by atoms with Gasteiger partial charge in [-0.15, -0.1) is 0 Å². The standard InChI is InChI=1S/C12H18N2/c1-10-2-4-11(5-3-10)8-14-7-6-12(13)9-14/h2-5,12H,6-9,13H2,1H3. The maximum absolute atomic E-state index is 5.86. The molecule has 2 rings (SSSR count). The van der Waals surface area contributed by atoms with E-state index in [-0.39, 0.29) is 0 Å². The molecule has 1 aromatic carbocycles. The number of likely N-dealkylation sites (tertiary alicyclic amines) is 1. The second kappa shape index (κ2) is 4.11. The Kier molecular flexibility index (Phi) is 2.85. The first kappa shape index (κ1) is 9.69. The van der Waals surface area contributed by atoms with Gasteiger partial charge in [-0.05, 0) is 18.9 Å². The predicted molar refractivity (Wildman–Crippen MR) is 59.0 cm³/mol. The molecule has 0 radical (unpaired) electrons. The number of nitrogens with two attached hydrogens (primary N) is 1. The van der Waals surface area contributed by atoms with Gasteiger partial charge in [0.05, 0.1) is 0 Å². The summed E-state index contributed by atoms with van der Waals surface area (Å²) in [4.78, 5) is 2.43. The van der Waals surface area contributed by atoms with Crippen molar-refractivity contribution in [1.82, 2.24) is 4.90 Å². The van der Waals surface area contributed by atoms with Crippen LogP contribution in [0.4, 0.5) is 0 Å². The molecule has 0 saturated carbocycles. The van der Waals surface area contributed by atoms with Crippen LogP contribution in [0.1, 0.15) is 17.5 Å². The van der Waals surface area contributed by atoms with Crippen LogP contribution in [-0.4, -0.2) is 24.0 Å². The van der Waals surface area contributed by atoms with Crippen molar-refractivity contribution in [2.75, 3.05) is 13.1 Å². The van der Waals surface area contributed by atoms with Crippen LogP contribution in [0.5, 0.6) is 0 Å². The average molecular weight is 190 g/mol. The Bertz CT molecular complexity index is 292. The second-order valence-electron chi connectivity index (χ2n) is 4.27. The monoisotopic (exact) mass is 190 g/mol. The Morgan fingerprint density at radius 2 is 2.07 bits per heavy atom. The first-order valence-corrected chi connectivity index (χ1v) is 5.27. The lowest BCUT2D eigenvalue weighted by atomic mass is 10.1. The number of nitrogens with zero attached hydrogens (tertiary/aromatic N) is 1. The molecule has 0 amide bonds. The fraction of sp³-hybridized carbons (Fsp3) is 0.500. The van der Waals surface area contributed by atoms with Gasteiger partial charge in [0.25, 0.3) is 0 Å². The second-order valence-corrected chi connectivity index (χ2v) is 4.27. The Labute approximate surface area is 85.7 Å². The summed E-state index contributed by atoms with van der Waals surface area (Å²) in [7, 11) is 0. The van der Waals surface area contributed by atoms with Crippen LogP contribution in [0.15, 0.2) is 24.3 Å². The normalized spacial score (nSPS) is 22.9. The smallest absolute Gasteiger partial charge is 0.0234 e. The van der Waals surface area contributed by atoms with E-state index in [1.165, 1.54) is 11.1 Å². The van der Waals surface area contributed by atoms with Crippen LogP contribution in [0.3, 0.4) is 0 Å². The number of aryl methyl sites for hydroxylation is 1. The molecule has 14 heavy (non-hydrogen) atoms. The molecule has 2 N–H and O–H groups in total. The van der Waals surface area contributed by atoms with Crippen LogP contribution >= 0.6 is 0 Å². The molecule has 2 heteroatoms. The maximum atomic E-state index is 5.86. The SMILES string of the molecule is Cc1ccc(CN2CCC(N)C2)cc1. The summed E-state index contributed by atoms with van der Waals surface area (Å²) in [6, 6.07) is 9.15. The lowest BCUT2D eigenvalue weighted by Gasteiger charge is -2.14. The molecule has 1 fully saturated rings. The fourth-order valence-electron chi connectivity index (χ4n) is 1.96. The summed E-state index contributed by atoms with van der Waals surface area (Å²) in [5, 5.41) is 0. The molecule has 1 aliphatic rings. The zero-order valence-electron chi connectivity index (χ0n) is 8.74. The largest absolute Gasteiger partial charge is 0.326 e. The van der Waals surface area contributed by atoms with E-state index in [1.54, 1.807) is 0 Å². The van der Waals surface area contributed by atoms with Gasteiger partial charge in [0, 0.05) is 25.7 Å². The molecule has 76 valence electrons. The maximum Gasteiger partial charge on any atom is 0.0234 e. The van der Waals surface area contributed by atoms with E-state index in [9.17, 15) is 0 Å². The summed E-state index contributed by atoms with van der Waals surface area (Å²) < 4.78 is 0. The molecule has 1 aromatic rings. The molecule has 0 spiro atoms. The van der Waals surface area contributed by atoms with Gasteiger partial charge in [0.1, 0.15) is 0 Å². The molecule has 2 nitrogen and oxygen atoms in total. The minimum Gasteiger partial charge on any atom is -0.326 e. The molecule has 1 unspecified atom stereocenters. The van der Waals surface area contributed by atoms with E-state index in [1.807, 2.05) is 0 Å². The molecule has 1 atom stereocenters. The Morgan fingerprint density at radius 1 is 1.36 bits per heavy atom. The van der Waals surface area contributed by atoms with Gasteiger partial charge in [0.15, 0.2) is 0 Å². The quantitative estimate of drug-likeness (QED) is 0.766. The average Bonchev–Trinajstić information content (AvgIpc) is 2.56. The third kappa shape index (κ3) is 2.34. The third-order valence-corrected chi connectivity index (χ3v) is 2.84.